The number of nitrogens with zero attached hydrogens (tertiary/aromatic N) is 5. The predicted octanol–water partition coefficient (Wildman–Crippen LogP) is 3.05. The third-order valence-corrected chi connectivity index (χ3v) is 6.67. The van der Waals surface area contributed by atoms with E-state index in [2.05, 4.69) is 22.1 Å². The molecule has 1 aliphatic heterocycles. The molecule has 0 amide bonds. The Hall–Kier alpha value is -1.90. The lowest BCUT2D eigenvalue weighted by Gasteiger charge is -2.18. The number of aromatic nitrogens is 4. The van der Waals surface area contributed by atoms with Crippen LogP contribution in [0.2, 0.25) is 0 Å². The number of hydrogen-bond acceptors (Lipinski definition) is 6. The van der Waals surface area contributed by atoms with Crippen molar-refractivity contribution in [2.24, 2.45) is 0 Å². The average molecular weight is 416 g/mol. The minimum absolute atomic E-state index is 0.0128. The number of aryl methyl sites for hydroxylation is 1. The molecule has 0 bridgehead atoms. The summed E-state index contributed by atoms with van der Waals surface area (Å²) in [7, 11) is 2.21. The Morgan fingerprint density at radius 2 is 2.14 bits per heavy atom. The topological polar surface area (TPSA) is 64.7 Å². The summed E-state index contributed by atoms with van der Waals surface area (Å²) in [6.07, 6.45) is 4.48. The Labute approximate surface area is 175 Å². The highest BCUT2D eigenvalue weighted by Crippen LogP contribution is 2.25. The van der Waals surface area contributed by atoms with Gasteiger partial charge in [0, 0.05) is 31.6 Å². The molecule has 1 saturated heterocycles. The predicted molar refractivity (Wildman–Crippen MR) is 117 cm³/mol. The second-order valence-corrected chi connectivity index (χ2v) is 8.62. The molecule has 0 radical (unpaired) electrons. The number of para-hydroxylation sites is 1. The summed E-state index contributed by atoms with van der Waals surface area (Å²) in [5.74, 6) is 1.61. The lowest BCUT2D eigenvalue weighted by molar-refractivity contribution is 0.141. The van der Waals surface area contributed by atoms with Crippen LogP contribution in [0.3, 0.4) is 0 Å². The Morgan fingerprint density at radius 3 is 2.93 bits per heavy atom. The van der Waals surface area contributed by atoms with Gasteiger partial charge in [0.2, 0.25) is 5.78 Å². The highest BCUT2D eigenvalue weighted by molar-refractivity contribution is 7.99. The molecule has 3 heterocycles. The van der Waals surface area contributed by atoms with Crippen LogP contribution in [0.1, 0.15) is 32.6 Å². The van der Waals surface area contributed by atoms with Crippen LogP contribution in [0, 0.1) is 0 Å². The van der Waals surface area contributed by atoms with E-state index in [0.717, 1.165) is 29.3 Å². The molecule has 7 nitrogen and oxygen atoms in total. The molecule has 1 unspecified atom stereocenters. The van der Waals surface area contributed by atoms with Crippen molar-refractivity contribution in [3.8, 4) is 0 Å². The fourth-order valence-corrected chi connectivity index (χ4v) is 5.11. The van der Waals surface area contributed by atoms with E-state index in [4.69, 9.17) is 4.74 Å². The first-order valence-electron chi connectivity index (χ1n) is 10.5. The average Bonchev–Trinajstić information content (AvgIpc) is 3.34. The number of benzene rings is 1. The van der Waals surface area contributed by atoms with E-state index in [1.54, 1.807) is 16.3 Å². The molecule has 1 aromatic carbocycles. The fraction of sp³-hybridized carbons (Fsp3) is 0.571. The maximum Gasteiger partial charge on any atom is 0.262 e. The zero-order chi connectivity index (χ0) is 20.2. The first-order valence-corrected chi connectivity index (χ1v) is 11.5. The molecule has 8 heteroatoms. The van der Waals surface area contributed by atoms with Gasteiger partial charge in [-0.05, 0) is 58.3 Å². The van der Waals surface area contributed by atoms with Crippen molar-refractivity contribution in [3.63, 3.8) is 0 Å². The summed E-state index contributed by atoms with van der Waals surface area (Å²) in [5.41, 5.74) is 0.861. The third kappa shape index (κ3) is 4.20. The summed E-state index contributed by atoms with van der Waals surface area (Å²) in [4.78, 5) is 15.5. The molecule has 0 aliphatic carbocycles. The van der Waals surface area contributed by atoms with Gasteiger partial charge in [0.25, 0.3) is 5.56 Å². The number of likely N-dealkylation sites (tertiary alicyclic amines) is 1. The maximum atomic E-state index is 13.1. The molecule has 2 aromatic heterocycles. The molecule has 29 heavy (non-hydrogen) atoms. The number of thioether (sulfide) groups is 1. The van der Waals surface area contributed by atoms with Crippen LogP contribution in [0.5, 0.6) is 0 Å². The van der Waals surface area contributed by atoms with Crippen molar-refractivity contribution in [1.29, 1.82) is 0 Å². The second-order valence-electron chi connectivity index (χ2n) is 7.56. The van der Waals surface area contributed by atoms with Gasteiger partial charge in [0.15, 0.2) is 5.16 Å². The number of rotatable bonds is 9. The van der Waals surface area contributed by atoms with Crippen LogP contribution < -0.4 is 5.56 Å². The van der Waals surface area contributed by atoms with Crippen molar-refractivity contribution in [3.05, 3.63) is 34.6 Å². The molecular formula is C21H29N5O2S. The van der Waals surface area contributed by atoms with E-state index in [1.165, 1.54) is 19.4 Å². The van der Waals surface area contributed by atoms with E-state index in [9.17, 15) is 4.79 Å². The standard InChI is InChI=1S/C21H29N5O2S/c1-3-28-14-7-13-25-19(27)17-9-4-5-10-18(17)26-20(25)22-23-21(26)29-15-11-16-8-6-12-24(16)2/h4-5,9-10,16H,3,6-8,11-15H2,1-2H3. The smallest absolute Gasteiger partial charge is 0.262 e. The van der Waals surface area contributed by atoms with Gasteiger partial charge >= 0.3 is 0 Å². The number of hydrogen-bond donors (Lipinski definition) is 0. The van der Waals surface area contributed by atoms with Gasteiger partial charge in [0.1, 0.15) is 0 Å². The van der Waals surface area contributed by atoms with Crippen LogP contribution in [0.25, 0.3) is 16.7 Å². The van der Waals surface area contributed by atoms with Crippen molar-refractivity contribution < 1.29 is 4.74 Å². The largest absolute Gasteiger partial charge is 0.382 e. The summed E-state index contributed by atoms with van der Waals surface area (Å²) in [5, 5.41) is 10.4. The van der Waals surface area contributed by atoms with Crippen LogP contribution in [-0.2, 0) is 11.3 Å². The number of fused-ring (bicyclic) bond motifs is 3. The minimum atomic E-state index is -0.0128. The van der Waals surface area contributed by atoms with E-state index >= 15 is 0 Å². The quantitative estimate of drug-likeness (QED) is 0.395. The maximum absolute atomic E-state index is 13.1. The lowest BCUT2D eigenvalue weighted by Crippen LogP contribution is -2.25. The zero-order valence-corrected chi connectivity index (χ0v) is 18.0. The van der Waals surface area contributed by atoms with Crippen molar-refractivity contribution in [1.82, 2.24) is 24.1 Å². The second kappa shape index (κ2) is 9.28. The van der Waals surface area contributed by atoms with Gasteiger partial charge in [0.05, 0.1) is 10.9 Å². The van der Waals surface area contributed by atoms with E-state index in [-0.39, 0.29) is 5.56 Å². The normalized spacial score (nSPS) is 17.7. The first-order chi connectivity index (χ1) is 14.2. The highest BCUT2D eigenvalue weighted by Gasteiger charge is 2.21. The van der Waals surface area contributed by atoms with E-state index in [0.29, 0.717) is 37.0 Å². The summed E-state index contributed by atoms with van der Waals surface area (Å²) in [6.45, 7) is 5.06. The van der Waals surface area contributed by atoms with Crippen molar-refractivity contribution in [2.45, 2.75) is 50.4 Å². The molecule has 4 rings (SSSR count). The molecule has 156 valence electrons. The van der Waals surface area contributed by atoms with Gasteiger partial charge in [-0.15, -0.1) is 10.2 Å². The van der Waals surface area contributed by atoms with Crippen LogP contribution in [-0.4, -0.2) is 62.7 Å². The Morgan fingerprint density at radius 1 is 1.28 bits per heavy atom. The van der Waals surface area contributed by atoms with Crippen LogP contribution in [0.15, 0.2) is 34.2 Å². The molecule has 0 saturated carbocycles. The molecular weight excluding hydrogens is 386 g/mol. The Bertz CT molecular complexity index is 1030. The highest BCUT2D eigenvalue weighted by atomic mass is 32.2. The lowest BCUT2D eigenvalue weighted by atomic mass is 10.2. The van der Waals surface area contributed by atoms with Crippen LogP contribution in [0.4, 0.5) is 0 Å². The van der Waals surface area contributed by atoms with E-state index in [1.807, 2.05) is 35.6 Å². The summed E-state index contributed by atoms with van der Waals surface area (Å²) >= 11 is 1.73. The first kappa shape index (κ1) is 20.4. The minimum Gasteiger partial charge on any atom is -0.382 e. The van der Waals surface area contributed by atoms with Gasteiger partial charge in [-0.1, -0.05) is 23.9 Å². The molecule has 1 fully saturated rings. The zero-order valence-electron chi connectivity index (χ0n) is 17.2. The van der Waals surface area contributed by atoms with Gasteiger partial charge in [-0.25, -0.2) is 0 Å². The van der Waals surface area contributed by atoms with Crippen LogP contribution >= 0.6 is 11.8 Å². The SMILES string of the molecule is CCOCCCn1c(=O)c2ccccc2n2c(SCCC3CCCN3C)nnc12. The van der Waals surface area contributed by atoms with Crippen molar-refractivity contribution >= 4 is 28.4 Å². The fourth-order valence-electron chi connectivity index (χ4n) is 4.13. The van der Waals surface area contributed by atoms with Gasteiger partial charge in [-0.2, -0.15) is 0 Å². The van der Waals surface area contributed by atoms with Gasteiger partial charge in [-0.3, -0.25) is 13.8 Å². The number of ether oxygens (including phenoxy) is 1. The third-order valence-electron chi connectivity index (χ3n) is 5.71. The molecule has 1 atom stereocenters. The Kier molecular flexibility index (Phi) is 6.52. The van der Waals surface area contributed by atoms with Gasteiger partial charge < -0.3 is 9.64 Å². The Balaban J connectivity index is 1.64. The molecule has 1 aliphatic rings. The monoisotopic (exact) mass is 415 g/mol. The molecule has 0 N–H and O–H groups in total. The summed E-state index contributed by atoms with van der Waals surface area (Å²) in [6, 6.07) is 8.40. The molecule has 0 spiro atoms. The van der Waals surface area contributed by atoms with Crippen molar-refractivity contribution in [2.75, 3.05) is 32.6 Å². The van der Waals surface area contributed by atoms with E-state index < -0.39 is 0 Å². The molecule has 3 aromatic rings. The summed E-state index contributed by atoms with van der Waals surface area (Å²) < 4.78 is 9.23.